The first-order valence-corrected chi connectivity index (χ1v) is 6.94. The van der Waals surface area contributed by atoms with Crippen LogP contribution in [-0.2, 0) is 17.8 Å². The molecule has 0 radical (unpaired) electrons. The number of aromatic nitrogens is 2. The normalized spacial score (nSPS) is 14.5. The second-order valence-corrected chi connectivity index (χ2v) is 5.00. The molecule has 0 unspecified atom stereocenters. The number of rotatable bonds is 3. The van der Waals surface area contributed by atoms with Gasteiger partial charge in [0.25, 0.3) is 0 Å². The van der Waals surface area contributed by atoms with Gasteiger partial charge in [0.1, 0.15) is 0 Å². The van der Waals surface area contributed by atoms with E-state index < -0.39 is 0 Å². The number of carbonyl (C=O) groups is 1. The number of benzene rings is 1. The molecule has 3 rings (SSSR count). The molecule has 1 amide bonds. The predicted molar refractivity (Wildman–Crippen MR) is 80.4 cm³/mol. The smallest absolute Gasteiger partial charge is 0.227 e. The zero-order valence-corrected chi connectivity index (χ0v) is 11.6. The molecule has 1 aromatic carbocycles. The number of nitrogens with two attached hydrogens (primary N) is 1. The van der Waals surface area contributed by atoms with E-state index in [2.05, 4.69) is 21.5 Å². The van der Waals surface area contributed by atoms with Crippen molar-refractivity contribution < 1.29 is 4.79 Å². The lowest BCUT2D eigenvalue weighted by atomic mass is 10.1. The lowest BCUT2D eigenvalue weighted by molar-refractivity contribution is -0.118. The molecule has 0 bridgehead atoms. The number of fused-ring (bicyclic) bond motifs is 1. The van der Waals surface area contributed by atoms with Crippen LogP contribution in [0.1, 0.15) is 24.1 Å². The number of nitrogen functional groups attached to an aromatic ring is 1. The maximum atomic E-state index is 12.3. The van der Waals surface area contributed by atoms with Gasteiger partial charge in [0.15, 0.2) is 5.82 Å². The predicted octanol–water partition coefficient (Wildman–Crippen LogP) is 1.63. The van der Waals surface area contributed by atoms with E-state index in [-0.39, 0.29) is 5.91 Å². The van der Waals surface area contributed by atoms with Crippen molar-refractivity contribution in [3.8, 4) is 0 Å². The van der Waals surface area contributed by atoms with Crippen molar-refractivity contribution in [1.29, 1.82) is 0 Å². The Morgan fingerprint density at radius 1 is 1.19 bits per heavy atom. The van der Waals surface area contributed by atoms with Crippen LogP contribution in [0.25, 0.3) is 0 Å². The maximum absolute atomic E-state index is 12.3. The standard InChI is InChI=1S/C15H17N5O/c16-19-14-9-17-12(8-18-14)10-20-13-6-2-1-4-11(13)5-3-7-15(20)21/h1-2,4,6,8-9H,3,5,7,10,16H2,(H,18,19). The fourth-order valence-electron chi connectivity index (χ4n) is 2.53. The molecule has 0 saturated heterocycles. The minimum atomic E-state index is 0.128. The molecular weight excluding hydrogens is 266 g/mol. The lowest BCUT2D eigenvalue weighted by Crippen LogP contribution is -2.30. The van der Waals surface area contributed by atoms with Crippen LogP contribution in [0.4, 0.5) is 11.5 Å². The fourth-order valence-corrected chi connectivity index (χ4v) is 2.53. The minimum absolute atomic E-state index is 0.128. The summed E-state index contributed by atoms with van der Waals surface area (Å²) in [6.07, 6.45) is 5.57. The molecule has 1 aromatic heterocycles. The number of aryl methyl sites for hydroxylation is 1. The Labute approximate surface area is 123 Å². The van der Waals surface area contributed by atoms with Gasteiger partial charge in [0.2, 0.25) is 5.91 Å². The van der Waals surface area contributed by atoms with Gasteiger partial charge in [-0.1, -0.05) is 18.2 Å². The molecule has 6 nitrogen and oxygen atoms in total. The Bertz CT molecular complexity index is 641. The van der Waals surface area contributed by atoms with Crippen LogP contribution in [0.3, 0.4) is 0 Å². The molecule has 1 aliphatic rings. The lowest BCUT2D eigenvalue weighted by Gasteiger charge is -2.22. The Hall–Kier alpha value is -2.47. The summed E-state index contributed by atoms with van der Waals surface area (Å²) in [5.74, 6) is 5.90. The monoisotopic (exact) mass is 283 g/mol. The van der Waals surface area contributed by atoms with E-state index in [9.17, 15) is 4.79 Å². The third kappa shape index (κ3) is 2.85. The van der Waals surface area contributed by atoms with E-state index >= 15 is 0 Å². The zero-order valence-electron chi connectivity index (χ0n) is 11.6. The third-order valence-electron chi connectivity index (χ3n) is 3.59. The molecule has 0 fully saturated rings. The first-order chi connectivity index (χ1) is 10.3. The van der Waals surface area contributed by atoms with Gasteiger partial charge in [-0.05, 0) is 24.5 Å². The Balaban J connectivity index is 1.90. The summed E-state index contributed by atoms with van der Waals surface area (Å²) in [4.78, 5) is 22.6. The van der Waals surface area contributed by atoms with E-state index in [1.807, 2.05) is 18.2 Å². The summed E-state index contributed by atoms with van der Waals surface area (Å²) in [6, 6.07) is 8.03. The maximum Gasteiger partial charge on any atom is 0.227 e. The number of hydrogen-bond donors (Lipinski definition) is 2. The van der Waals surface area contributed by atoms with Crippen LogP contribution in [0, 0.1) is 0 Å². The number of carbonyl (C=O) groups excluding carboxylic acids is 1. The van der Waals surface area contributed by atoms with Crippen molar-refractivity contribution >= 4 is 17.4 Å². The highest BCUT2D eigenvalue weighted by Gasteiger charge is 2.22. The van der Waals surface area contributed by atoms with Crippen molar-refractivity contribution in [2.45, 2.75) is 25.8 Å². The molecular formula is C15H17N5O. The highest BCUT2D eigenvalue weighted by molar-refractivity contribution is 5.94. The second kappa shape index (κ2) is 5.88. The largest absolute Gasteiger partial charge is 0.307 e. The Kier molecular flexibility index (Phi) is 3.79. The van der Waals surface area contributed by atoms with Crippen LogP contribution in [-0.4, -0.2) is 15.9 Å². The Morgan fingerprint density at radius 3 is 2.81 bits per heavy atom. The van der Waals surface area contributed by atoms with Crippen molar-refractivity contribution in [2.75, 3.05) is 10.3 Å². The van der Waals surface area contributed by atoms with E-state index in [0.29, 0.717) is 18.8 Å². The third-order valence-corrected chi connectivity index (χ3v) is 3.59. The van der Waals surface area contributed by atoms with Gasteiger partial charge >= 0.3 is 0 Å². The van der Waals surface area contributed by atoms with Crippen LogP contribution in [0.15, 0.2) is 36.7 Å². The van der Waals surface area contributed by atoms with Crippen molar-refractivity contribution in [2.24, 2.45) is 5.84 Å². The molecule has 6 heteroatoms. The molecule has 0 atom stereocenters. The Morgan fingerprint density at radius 2 is 2.05 bits per heavy atom. The van der Waals surface area contributed by atoms with E-state index in [4.69, 9.17) is 5.84 Å². The molecule has 0 aliphatic carbocycles. The summed E-state index contributed by atoms with van der Waals surface area (Å²) in [7, 11) is 0. The first-order valence-electron chi connectivity index (χ1n) is 6.94. The highest BCUT2D eigenvalue weighted by atomic mass is 16.2. The molecule has 0 spiro atoms. The average Bonchev–Trinajstić information content (AvgIpc) is 2.68. The summed E-state index contributed by atoms with van der Waals surface area (Å²) >= 11 is 0. The van der Waals surface area contributed by atoms with Crippen LogP contribution >= 0.6 is 0 Å². The van der Waals surface area contributed by atoms with Crippen molar-refractivity contribution in [1.82, 2.24) is 9.97 Å². The highest BCUT2D eigenvalue weighted by Crippen LogP contribution is 2.27. The number of anilines is 2. The molecule has 2 aromatic rings. The van der Waals surface area contributed by atoms with E-state index in [1.54, 1.807) is 17.3 Å². The fraction of sp³-hybridized carbons (Fsp3) is 0.267. The van der Waals surface area contributed by atoms with Crippen molar-refractivity contribution in [3.05, 3.63) is 47.9 Å². The number of hydrogen-bond acceptors (Lipinski definition) is 5. The van der Waals surface area contributed by atoms with Crippen LogP contribution < -0.4 is 16.2 Å². The molecule has 21 heavy (non-hydrogen) atoms. The molecule has 1 aliphatic heterocycles. The number of nitrogens with one attached hydrogen (secondary N) is 1. The summed E-state index contributed by atoms with van der Waals surface area (Å²) in [5.41, 5.74) is 5.35. The van der Waals surface area contributed by atoms with Gasteiger partial charge in [-0.25, -0.2) is 10.8 Å². The summed E-state index contributed by atoms with van der Waals surface area (Å²) in [5, 5.41) is 0. The average molecular weight is 283 g/mol. The molecule has 3 N–H and O–H groups in total. The number of para-hydroxylation sites is 1. The van der Waals surface area contributed by atoms with Gasteiger partial charge in [0, 0.05) is 12.1 Å². The van der Waals surface area contributed by atoms with Gasteiger partial charge in [-0.15, -0.1) is 0 Å². The van der Waals surface area contributed by atoms with Gasteiger partial charge in [-0.3, -0.25) is 9.78 Å². The quantitative estimate of drug-likeness (QED) is 0.660. The summed E-state index contributed by atoms with van der Waals surface area (Å²) < 4.78 is 0. The number of nitrogens with zero attached hydrogens (tertiary/aromatic N) is 3. The van der Waals surface area contributed by atoms with E-state index in [0.717, 1.165) is 24.2 Å². The van der Waals surface area contributed by atoms with Gasteiger partial charge < -0.3 is 10.3 Å². The minimum Gasteiger partial charge on any atom is -0.307 e. The number of hydrazine groups is 1. The SMILES string of the molecule is NNc1cnc(CN2C(=O)CCCc3ccccc32)cn1. The molecule has 2 heterocycles. The van der Waals surface area contributed by atoms with Crippen molar-refractivity contribution in [3.63, 3.8) is 0 Å². The van der Waals surface area contributed by atoms with Gasteiger partial charge in [-0.2, -0.15) is 0 Å². The van der Waals surface area contributed by atoms with Crippen LogP contribution in [0.2, 0.25) is 0 Å². The van der Waals surface area contributed by atoms with E-state index in [1.165, 1.54) is 5.56 Å². The van der Waals surface area contributed by atoms with Gasteiger partial charge in [0.05, 0.1) is 24.6 Å². The van der Waals surface area contributed by atoms with Crippen LogP contribution in [0.5, 0.6) is 0 Å². The number of amides is 1. The summed E-state index contributed by atoms with van der Waals surface area (Å²) in [6.45, 7) is 0.424. The topological polar surface area (TPSA) is 84.1 Å². The second-order valence-electron chi connectivity index (χ2n) is 5.00. The molecule has 108 valence electrons. The zero-order chi connectivity index (χ0) is 14.7. The molecule has 0 saturated carbocycles. The first kappa shape index (κ1) is 13.5.